The van der Waals surface area contributed by atoms with E-state index in [1.165, 1.54) is 0 Å². The van der Waals surface area contributed by atoms with Crippen LogP contribution in [0.3, 0.4) is 0 Å². The molecule has 0 N–H and O–H groups in total. The van der Waals surface area contributed by atoms with E-state index < -0.39 is 0 Å². The number of amides is 1. The Hall–Kier alpha value is -2.31. The van der Waals surface area contributed by atoms with Gasteiger partial charge in [-0.1, -0.05) is 13.8 Å². The highest BCUT2D eigenvalue weighted by Crippen LogP contribution is 2.31. The van der Waals surface area contributed by atoms with E-state index in [2.05, 4.69) is 18.9 Å². The largest absolute Gasteiger partial charge is 0.347 e. The SMILES string of the molecule is CC(C)Cn1nc2n(c1=O)C[C@H]1CC[C@@H](C2)N1C(=O)c1cccn1C. The molecule has 0 unspecified atom stereocenters. The van der Waals surface area contributed by atoms with Crippen molar-refractivity contribution in [3.63, 3.8) is 0 Å². The van der Waals surface area contributed by atoms with E-state index in [0.717, 1.165) is 18.7 Å². The van der Waals surface area contributed by atoms with E-state index >= 15 is 0 Å². The number of rotatable bonds is 3. The van der Waals surface area contributed by atoms with Crippen LogP contribution in [0.5, 0.6) is 0 Å². The second-order valence-electron chi connectivity index (χ2n) is 7.69. The average Bonchev–Trinajstić information content (AvgIpc) is 3.17. The maximum Gasteiger partial charge on any atom is 0.345 e. The van der Waals surface area contributed by atoms with Crippen LogP contribution >= 0.6 is 0 Å². The molecule has 1 fully saturated rings. The summed E-state index contributed by atoms with van der Waals surface area (Å²) >= 11 is 0. The lowest BCUT2D eigenvalue weighted by Crippen LogP contribution is -2.43. The molecule has 2 aromatic heterocycles. The van der Waals surface area contributed by atoms with Crippen LogP contribution in [-0.2, 0) is 26.6 Å². The van der Waals surface area contributed by atoms with Crippen molar-refractivity contribution in [1.82, 2.24) is 23.8 Å². The molecule has 2 aliphatic heterocycles. The molecule has 0 radical (unpaired) electrons. The minimum atomic E-state index is -0.0393. The summed E-state index contributed by atoms with van der Waals surface area (Å²) in [6.07, 6.45) is 4.48. The third-order valence-corrected chi connectivity index (χ3v) is 5.37. The number of nitrogens with zero attached hydrogens (tertiary/aromatic N) is 5. The van der Waals surface area contributed by atoms with Crippen molar-refractivity contribution < 1.29 is 4.79 Å². The van der Waals surface area contributed by atoms with Gasteiger partial charge in [-0.05, 0) is 30.9 Å². The highest BCUT2D eigenvalue weighted by Gasteiger charge is 2.42. The van der Waals surface area contributed by atoms with Gasteiger partial charge in [0.25, 0.3) is 5.91 Å². The van der Waals surface area contributed by atoms with Gasteiger partial charge in [-0.15, -0.1) is 0 Å². The van der Waals surface area contributed by atoms with Gasteiger partial charge in [0.2, 0.25) is 0 Å². The molecule has 0 aliphatic carbocycles. The van der Waals surface area contributed by atoms with E-state index in [4.69, 9.17) is 0 Å². The Labute approximate surface area is 146 Å². The monoisotopic (exact) mass is 343 g/mol. The van der Waals surface area contributed by atoms with Gasteiger partial charge in [-0.2, -0.15) is 5.10 Å². The highest BCUT2D eigenvalue weighted by atomic mass is 16.2. The van der Waals surface area contributed by atoms with E-state index in [9.17, 15) is 9.59 Å². The first-order valence-electron chi connectivity index (χ1n) is 9.06. The summed E-state index contributed by atoms with van der Waals surface area (Å²) in [7, 11) is 1.89. The van der Waals surface area contributed by atoms with Gasteiger partial charge in [0, 0.05) is 38.8 Å². The Morgan fingerprint density at radius 3 is 2.76 bits per heavy atom. The molecule has 134 valence electrons. The van der Waals surface area contributed by atoms with Crippen LogP contribution in [0.15, 0.2) is 23.1 Å². The number of aromatic nitrogens is 4. The molecule has 2 bridgehead atoms. The lowest BCUT2D eigenvalue weighted by Gasteiger charge is -2.28. The number of carbonyl (C=O) groups is 1. The maximum atomic E-state index is 13.1. The van der Waals surface area contributed by atoms with Crippen LogP contribution in [0.25, 0.3) is 0 Å². The first-order valence-corrected chi connectivity index (χ1v) is 9.06. The standard InChI is InChI=1S/C18H25N5O2/c1-12(2)10-22-18(25)21-11-14-7-6-13(9-16(21)19-22)23(14)17(24)15-5-4-8-20(15)3/h4-5,8,12-14H,6-7,9-11H2,1-3H3/t13-,14+/m0/s1. The quantitative estimate of drug-likeness (QED) is 0.843. The Bertz CT molecular complexity index is 859. The summed E-state index contributed by atoms with van der Waals surface area (Å²) in [5.41, 5.74) is 0.663. The molecule has 2 aliphatic rings. The summed E-state index contributed by atoms with van der Waals surface area (Å²) in [6, 6.07) is 3.95. The number of aryl methyl sites for hydroxylation is 1. The van der Waals surface area contributed by atoms with Crippen LogP contribution in [0.2, 0.25) is 0 Å². The fourth-order valence-corrected chi connectivity index (χ4v) is 4.19. The molecule has 0 saturated carbocycles. The van der Waals surface area contributed by atoms with Crippen molar-refractivity contribution in [3.8, 4) is 0 Å². The van der Waals surface area contributed by atoms with Crippen molar-refractivity contribution in [2.75, 3.05) is 0 Å². The lowest BCUT2D eigenvalue weighted by molar-refractivity contribution is 0.0655. The second kappa shape index (κ2) is 5.89. The van der Waals surface area contributed by atoms with Crippen molar-refractivity contribution in [2.24, 2.45) is 13.0 Å². The predicted octanol–water partition coefficient (Wildman–Crippen LogP) is 1.27. The molecule has 0 spiro atoms. The molecular weight excluding hydrogens is 318 g/mol. The van der Waals surface area contributed by atoms with Crippen molar-refractivity contribution in [2.45, 2.75) is 58.3 Å². The normalized spacial score (nSPS) is 22.3. The molecule has 7 nitrogen and oxygen atoms in total. The first kappa shape index (κ1) is 16.2. The lowest BCUT2D eigenvalue weighted by atomic mass is 10.1. The third kappa shape index (κ3) is 2.62. The molecule has 0 aromatic carbocycles. The van der Waals surface area contributed by atoms with Crippen LogP contribution in [0, 0.1) is 5.92 Å². The van der Waals surface area contributed by atoms with Crippen molar-refractivity contribution in [3.05, 3.63) is 40.3 Å². The summed E-state index contributed by atoms with van der Waals surface area (Å²) in [4.78, 5) is 27.7. The average molecular weight is 343 g/mol. The highest BCUT2D eigenvalue weighted by molar-refractivity contribution is 5.93. The zero-order valence-corrected chi connectivity index (χ0v) is 15.1. The third-order valence-electron chi connectivity index (χ3n) is 5.37. The zero-order chi connectivity index (χ0) is 17.7. The smallest absolute Gasteiger partial charge is 0.345 e. The van der Waals surface area contributed by atoms with E-state index in [-0.39, 0.29) is 23.7 Å². The van der Waals surface area contributed by atoms with E-state index in [1.54, 1.807) is 9.25 Å². The van der Waals surface area contributed by atoms with E-state index in [1.807, 2.05) is 34.8 Å². The fourth-order valence-electron chi connectivity index (χ4n) is 4.19. The van der Waals surface area contributed by atoms with Crippen LogP contribution < -0.4 is 5.69 Å². The Balaban J connectivity index is 1.66. The number of carbonyl (C=O) groups excluding carboxylic acids is 1. The minimum absolute atomic E-state index is 0.0393. The second-order valence-corrected chi connectivity index (χ2v) is 7.69. The molecule has 25 heavy (non-hydrogen) atoms. The summed E-state index contributed by atoms with van der Waals surface area (Å²) < 4.78 is 5.24. The molecule has 7 heteroatoms. The predicted molar refractivity (Wildman–Crippen MR) is 93.4 cm³/mol. The van der Waals surface area contributed by atoms with Crippen LogP contribution in [0.1, 0.15) is 43.0 Å². The summed E-state index contributed by atoms with van der Waals surface area (Å²) in [5, 5.41) is 4.57. The van der Waals surface area contributed by atoms with Crippen molar-refractivity contribution in [1.29, 1.82) is 0 Å². The van der Waals surface area contributed by atoms with Gasteiger partial charge in [0.05, 0.1) is 6.04 Å². The summed E-state index contributed by atoms with van der Waals surface area (Å²) in [6.45, 7) is 5.36. The van der Waals surface area contributed by atoms with Gasteiger partial charge >= 0.3 is 5.69 Å². The molecule has 4 heterocycles. The van der Waals surface area contributed by atoms with Gasteiger partial charge in [-0.25, -0.2) is 9.48 Å². The van der Waals surface area contributed by atoms with Gasteiger partial charge < -0.3 is 9.47 Å². The number of hydrogen-bond donors (Lipinski definition) is 0. The number of hydrogen-bond acceptors (Lipinski definition) is 3. The minimum Gasteiger partial charge on any atom is -0.347 e. The maximum absolute atomic E-state index is 13.1. The summed E-state index contributed by atoms with van der Waals surface area (Å²) in [5.74, 6) is 1.26. The molecule has 4 rings (SSSR count). The molecule has 2 aromatic rings. The van der Waals surface area contributed by atoms with Crippen LogP contribution in [0.4, 0.5) is 0 Å². The van der Waals surface area contributed by atoms with Gasteiger partial charge in [-0.3, -0.25) is 9.36 Å². The fraction of sp³-hybridized carbons (Fsp3) is 0.611. The van der Waals surface area contributed by atoms with Crippen molar-refractivity contribution >= 4 is 5.91 Å². The van der Waals surface area contributed by atoms with Crippen LogP contribution in [-0.4, -0.2) is 41.8 Å². The molecule has 1 saturated heterocycles. The zero-order valence-electron chi connectivity index (χ0n) is 15.1. The molecule has 1 amide bonds. The topological polar surface area (TPSA) is 65.1 Å². The number of fused-ring (bicyclic) bond motifs is 3. The van der Waals surface area contributed by atoms with Gasteiger partial charge in [0.1, 0.15) is 11.5 Å². The Morgan fingerprint density at radius 2 is 2.08 bits per heavy atom. The van der Waals surface area contributed by atoms with Gasteiger partial charge in [0.15, 0.2) is 0 Å². The molecule has 2 atom stereocenters. The Kier molecular flexibility index (Phi) is 3.81. The van der Waals surface area contributed by atoms with E-state index in [0.29, 0.717) is 31.1 Å². The Morgan fingerprint density at radius 1 is 1.32 bits per heavy atom. The first-order chi connectivity index (χ1) is 12.0. The molecular formula is C18H25N5O2.